The molecule has 0 rings (SSSR count). The van der Waals surface area contributed by atoms with E-state index in [9.17, 15) is 0 Å². The summed E-state index contributed by atoms with van der Waals surface area (Å²) in [5, 5.41) is 0. The number of rotatable bonds is 7. The molecule has 4 nitrogen and oxygen atoms in total. The SMILES string of the molecule is CCCC(N)=NCC(COC)OC. The van der Waals surface area contributed by atoms with Crippen LogP contribution in [0, 0.1) is 0 Å². The Morgan fingerprint density at radius 1 is 1.46 bits per heavy atom. The quantitative estimate of drug-likeness (QED) is 0.475. The van der Waals surface area contributed by atoms with Crippen LogP contribution < -0.4 is 5.73 Å². The third-order valence-corrected chi connectivity index (χ3v) is 1.69. The highest BCUT2D eigenvalue weighted by molar-refractivity contribution is 5.80. The third kappa shape index (κ3) is 6.54. The molecule has 0 amide bonds. The van der Waals surface area contributed by atoms with Crippen molar-refractivity contribution in [3.63, 3.8) is 0 Å². The molecule has 0 saturated carbocycles. The van der Waals surface area contributed by atoms with Crippen molar-refractivity contribution in [1.82, 2.24) is 0 Å². The van der Waals surface area contributed by atoms with E-state index in [4.69, 9.17) is 15.2 Å². The van der Waals surface area contributed by atoms with Gasteiger partial charge >= 0.3 is 0 Å². The Morgan fingerprint density at radius 3 is 2.62 bits per heavy atom. The second kappa shape index (κ2) is 8.01. The van der Waals surface area contributed by atoms with E-state index in [-0.39, 0.29) is 6.10 Å². The second-order valence-electron chi connectivity index (χ2n) is 2.90. The standard InChI is InChI=1S/C9H20N2O2/c1-4-5-9(10)11-6-8(13-3)7-12-2/h8H,4-7H2,1-3H3,(H2,10,11). The van der Waals surface area contributed by atoms with E-state index < -0.39 is 0 Å². The number of aliphatic imine (C=N–C) groups is 1. The largest absolute Gasteiger partial charge is 0.387 e. The Balaban J connectivity index is 3.74. The maximum atomic E-state index is 5.64. The summed E-state index contributed by atoms with van der Waals surface area (Å²) < 4.78 is 10.1. The maximum absolute atomic E-state index is 5.64. The highest BCUT2D eigenvalue weighted by atomic mass is 16.5. The molecular formula is C9H20N2O2. The Labute approximate surface area is 80.1 Å². The molecule has 0 radical (unpaired) electrons. The molecular weight excluding hydrogens is 168 g/mol. The van der Waals surface area contributed by atoms with Crippen molar-refractivity contribution in [3.8, 4) is 0 Å². The fourth-order valence-electron chi connectivity index (χ4n) is 0.935. The summed E-state index contributed by atoms with van der Waals surface area (Å²) in [5.74, 6) is 0.695. The lowest BCUT2D eigenvalue weighted by Crippen LogP contribution is -2.23. The Bertz CT molecular complexity index is 149. The maximum Gasteiger partial charge on any atom is 0.0999 e. The van der Waals surface area contributed by atoms with Gasteiger partial charge in [-0.2, -0.15) is 0 Å². The van der Waals surface area contributed by atoms with E-state index in [1.54, 1.807) is 14.2 Å². The van der Waals surface area contributed by atoms with Gasteiger partial charge in [-0.1, -0.05) is 6.92 Å². The summed E-state index contributed by atoms with van der Waals surface area (Å²) in [6, 6.07) is 0. The fraction of sp³-hybridized carbons (Fsp3) is 0.889. The van der Waals surface area contributed by atoms with Crippen LogP contribution in [-0.2, 0) is 9.47 Å². The first kappa shape index (κ1) is 12.4. The lowest BCUT2D eigenvalue weighted by molar-refractivity contribution is 0.0344. The van der Waals surface area contributed by atoms with Crippen LogP contribution >= 0.6 is 0 Å². The van der Waals surface area contributed by atoms with E-state index in [0.717, 1.165) is 12.8 Å². The van der Waals surface area contributed by atoms with E-state index in [1.165, 1.54) is 0 Å². The molecule has 2 N–H and O–H groups in total. The van der Waals surface area contributed by atoms with Crippen molar-refractivity contribution >= 4 is 5.84 Å². The molecule has 0 aromatic carbocycles. The van der Waals surface area contributed by atoms with Gasteiger partial charge in [-0.15, -0.1) is 0 Å². The first-order chi connectivity index (χ1) is 6.24. The minimum atomic E-state index is 0.0143. The normalized spacial score (nSPS) is 14.5. The minimum absolute atomic E-state index is 0.0143. The van der Waals surface area contributed by atoms with Crippen LogP contribution in [0.5, 0.6) is 0 Å². The average Bonchev–Trinajstić information content (AvgIpc) is 2.12. The van der Waals surface area contributed by atoms with E-state index >= 15 is 0 Å². The van der Waals surface area contributed by atoms with Gasteiger partial charge in [0.2, 0.25) is 0 Å². The van der Waals surface area contributed by atoms with Crippen molar-refractivity contribution in [2.24, 2.45) is 10.7 Å². The van der Waals surface area contributed by atoms with Gasteiger partial charge in [-0.05, 0) is 6.42 Å². The van der Waals surface area contributed by atoms with E-state index in [2.05, 4.69) is 11.9 Å². The number of hydrogen-bond acceptors (Lipinski definition) is 3. The number of hydrogen-bond donors (Lipinski definition) is 1. The van der Waals surface area contributed by atoms with Crippen molar-refractivity contribution in [3.05, 3.63) is 0 Å². The van der Waals surface area contributed by atoms with Gasteiger partial charge in [-0.3, -0.25) is 4.99 Å². The van der Waals surface area contributed by atoms with Gasteiger partial charge in [0.1, 0.15) is 0 Å². The number of ether oxygens (including phenoxy) is 2. The highest BCUT2D eigenvalue weighted by Crippen LogP contribution is 1.93. The zero-order valence-corrected chi connectivity index (χ0v) is 8.75. The molecule has 4 heteroatoms. The number of methoxy groups -OCH3 is 2. The summed E-state index contributed by atoms with van der Waals surface area (Å²) in [6.45, 7) is 3.21. The highest BCUT2D eigenvalue weighted by Gasteiger charge is 2.04. The summed E-state index contributed by atoms with van der Waals surface area (Å²) in [6.07, 6.45) is 1.89. The smallest absolute Gasteiger partial charge is 0.0999 e. The molecule has 0 aliphatic heterocycles. The van der Waals surface area contributed by atoms with Gasteiger partial charge < -0.3 is 15.2 Å². The van der Waals surface area contributed by atoms with Gasteiger partial charge in [0.15, 0.2) is 0 Å². The molecule has 1 unspecified atom stereocenters. The second-order valence-corrected chi connectivity index (χ2v) is 2.90. The molecule has 0 aliphatic rings. The number of amidine groups is 1. The van der Waals surface area contributed by atoms with Crippen molar-refractivity contribution < 1.29 is 9.47 Å². The lowest BCUT2D eigenvalue weighted by Gasteiger charge is -2.11. The molecule has 78 valence electrons. The molecule has 0 spiro atoms. The molecule has 0 aliphatic carbocycles. The van der Waals surface area contributed by atoms with Crippen molar-refractivity contribution in [1.29, 1.82) is 0 Å². The van der Waals surface area contributed by atoms with Crippen LogP contribution in [0.4, 0.5) is 0 Å². The van der Waals surface area contributed by atoms with E-state index in [1.807, 2.05) is 0 Å². The third-order valence-electron chi connectivity index (χ3n) is 1.69. The Morgan fingerprint density at radius 2 is 2.15 bits per heavy atom. The predicted octanol–water partition coefficient (Wildman–Crippen LogP) is 0.805. The average molecular weight is 188 g/mol. The molecule has 0 fully saturated rings. The first-order valence-electron chi connectivity index (χ1n) is 4.55. The summed E-state index contributed by atoms with van der Waals surface area (Å²) >= 11 is 0. The van der Waals surface area contributed by atoms with Gasteiger partial charge in [0.25, 0.3) is 0 Å². The monoisotopic (exact) mass is 188 g/mol. The Kier molecular flexibility index (Phi) is 7.63. The van der Waals surface area contributed by atoms with E-state index in [0.29, 0.717) is 19.0 Å². The van der Waals surface area contributed by atoms with Gasteiger partial charge in [0, 0.05) is 20.6 Å². The summed E-state index contributed by atoms with van der Waals surface area (Å²) in [4.78, 5) is 4.19. The molecule has 0 bridgehead atoms. The van der Waals surface area contributed by atoms with Crippen LogP contribution in [0.25, 0.3) is 0 Å². The Hall–Kier alpha value is -0.610. The zero-order valence-electron chi connectivity index (χ0n) is 8.75. The van der Waals surface area contributed by atoms with Gasteiger partial charge in [0.05, 0.1) is 25.1 Å². The number of nitrogens with zero attached hydrogens (tertiary/aromatic N) is 1. The fourth-order valence-corrected chi connectivity index (χ4v) is 0.935. The van der Waals surface area contributed by atoms with Crippen LogP contribution in [0.3, 0.4) is 0 Å². The predicted molar refractivity (Wildman–Crippen MR) is 54.1 cm³/mol. The zero-order chi connectivity index (χ0) is 10.1. The molecule has 1 atom stereocenters. The van der Waals surface area contributed by atoms with Crippen molar-refractivity contribution in [2.75, 3.05) is 27.4 Å². The van der Waals surface area contributed by atoms with Crippen LogP contribution in [0.1, 0.15) is 19.8 Å². The van der Waals surface area contributed by atoms with Crippen LogP contribution in [0.2, 0.25) is 0 Å². The van der Waals surface area contributed by atoms with Gasteiger partial charge in [-0.25, -0.2) is 0 Å². The topological polar surface area (TPSA) is 56.8 Å². The molecule has 0 aromatic heterocycles. The summed E-state index contributed by atoms with van der Waals surface area (Å²) in [5.41, 5.74) is 5.64. The van der Waals surface area contributed by atoms with Crippen LogP contribution in [-0.4, -0.2) is 39.3 Å². The van der Waals surface area contributed by atoms with Crippen molar-refractivity contribution in [2.45, 2.75) is 25.9 Å². The molecule has 13 heavy (non-hydrogen) atoms. The first-order valence-corrected chi connectivity index (χ1v) is 4.55. The lowest BCUT2D eigenvalue weighted by atomic mass is 10.3. The van der Waals surface area contributed by atoms with Crippen LogP contribution in [0.15, 0.2) is 4.99 Å². The molecule has 0 aromatic rings. The molecule has 0 heterocycles. The number of nitrogens with two attached hydrogens (primary N) is 1. The minimum Gasteiger partial charge on any atom is -0.387 e. The molecule has 0 saturated heterocycles. The summed E-state index contributed by atoms with van der Waals surface area (Å²) in [7, 11) is 3.29.